The molecular weight excluding hydrogens is 244 g/mol. The summed E-state index contributed by atoms with van der Waals surface area (Å²) in [6.07, 6.45) is 3.75. The number of hydrogen-bond donors (Lipinski definition) is 0. The highest BCUT2D eigenvalue weighted by atomic mass is 79.9. The molecule has 1 aliphatic carbocycles. The lowest BCUT2D eigenvalue weighted by molar-refractivity contribution is 0.521. The summed E-state index contributed by atoms with van der Waals surface area (Å²) in [6, 6.07) is 0. The van der Waals surface area contributed by atoms with Crippen molar-refractivity contribution in [2.24, 2.45) is 5.92 Å². The molecule has 0 heterocycles. The van der Waals surface area contributed by atoms with E-state index in [0.29, 0.717) is 0 Å². The maximum Gasteiger partial charge on any atom is 0.00544 e. The zero-order valence-electron chi connectivity index (χ0n) is 5.45. The third kappa shape index (κ3) is 2.08. The Hall–Kier alpha value is 0.700. The first-order valence-corrected chi connectivity index (χ1v) is 4.81. The van der Waals surface area contributed by atoms with Gasteiger partial charge in [-0.25, -0.2) is 0 Å². The molecule has 52 valence electrons. The summed E-state index contributed by atoms with van der Waals surface area (Å²) in [7, 11) is 0. The SMILES string of the molecule is CC1CCC(Br)=C(Br)C1. The number of rotatable bonds is 0. The van der Waals surface area contributed by atoms with Gasteiger partial charge in [-0.05, 0) is 25.2 Å². The van der Waals surface area contributed by atoms with Crippen LogP contribution in [0.15, 0.2) is 8.96 Å². The largest absolute Gasteiger partial charge is 0.0622 e. The summed E-state index contributed by atoms with van der Waals surface area (Å²) >= 11 is 7.04. The predicted octanol–water partition coefficient (Wildman–Crippen LogP) is 3.81. The summed E-state index contributed by atoms with van der Waals surface area (Å²) in [4.78, 5) is 0. The van der Waals surface area contributed by atoms with Crippen molar-refractivity contribution < 1.29 is 0 Å². The van der Waals surface area contributed by atoms with Crippen molar-refractivity contribution >= 4 is 31.9 Å². The van der Waals surface area contributed by atoms with Crippen LogP contribution in [-0.4, -0.2) is 0 Å². The lowest BCUT2D eigenvalue weighted by Crippen LogP contribution is -2.00. The lowest BCUT2D eigenvalue weighted by Gasteiger charge is -2.17. The van der Waals surface area contributed by atoms with Crippen molar-refractivity contribution in [3.05, 3.63) is 8.96 Å². The Labute approximate surface area is 73.0 Å². The molecule has 0 fully saturated rings. The molecule has 0 spiro atoms. The van der Waals surface area contributed by atoms with Crippen LogP contribution in [0.3, 0.4) is 0 Å². The van der Waals surface area contributed by atoms with E-state index < -0.39 is 0 Å². The summed E-state index contributed by atoms with van der Waals surface area (Å²) in [6.45, 7) is 2.29. The predicted molar refractivity (Wildman–Crippen MR) is 47.9 cm³/mol. The van der Waals surface area contributed by atoms with Gasteiger partial charge in [-0.3, -0.25) is 0 Å². The maximum absolute atomic E-state index is 3.53. The van der Waals surface area contributed by atoms with E-state index in [2.05, 4.69) is 38.8 Å². The van der Waals surface area contributed by atoms with Crippen LogP contribution in [-0.2, 0) is 0 Å². The molecule has 1 atom stereocenters. The van der Waals surface area contributed by atoms with E-state index in [0.717, 1.165) is 5.92 Å². The van der Waals surface area contributed by atoms with Gasteiger partial charge in [0.05, 0.1) is 0 Å². The van der Waals surface area contributed by atoms with E-state index in [-0.39, 0.29) is 0 Å². The Morgan fingerprint density at radius 1 is 1.33 bits per heavy atom. The Kier molecular flexibility index (Phi) is 2.77. The van der Waals surface area contributed by atoms with Crippen LogP contribution in [0.25, 0.3) is 0 Å². The van der Waals surface area contributed by atoms with Crippen LogP contribution in [0.5, 0.6) is 0 Å². The van der Waals surface area contributed by atoms with Gasteiger partial charge in [0, 0.05) is 8.96 Å². The molecule has 0 N–H and O–H groups in total. The van der Waals surface area contributed by atoms with E-state index in [1.165, 1.54) is 28.2 Å². The first-order valence-electron chi connectivity index (χ1n) is 3.23. The van der Waals surface area contributed by atoms with Crippen molar-refractivity contribution in [2.75, 3.05) is 0 Å². The lowest BCUT2D eigenvalue weighted by atomic mass is 9.97. The summed E-state index contributed by atoms with van der Waals surface area (Å²) < 4.78 is 2.72. The molecule has 0 aromatic rings. The van der Waals surface area contributed by atoms with E-state index in [9.17, 15) is 0 Å². The van der Waals surface area contributed by atoms with Crippen molar-refractivity contribution in [3.8, 4) is 0 Å². The normalized spacial score (nSPS) is 29.0. The smallest absolute Gasteiger partial charge is 0.00544 e. The number of allylic oxidation sites excluding steroid dienone is 2. The third-order valence-electron chi connectivity index (χ3n) is 1.68. The minimum absolute atomic E-state index is 0.862. The highest BCUT2D eigenvalue weighted by molar-refractivity contribution is 9.14. The van der Waals surface area contributed by atoms with Crippen LogP contribution in [0.2, 0.25) is 0 Å². The van der Waals surface area contributed by atoms with E-state index in [4.69, 9.17) is 0 Å². The Morgan fingerprint density at radius 3 is 2.44 bits per heavy atom. The Bertz CT molecular complexity index is 138. The van der Waals surface area contributed by atoms with Crippen LogP contribution >= 0.6 is 31.9 Å². The minimum atomic E-state index is 0.862. The molecule has 0 saturated carbocycles. The molecule has 0 saturated heterocycles. The van der Waals surface area contributed by atoms with Gasteiger partial charge in [0.1, 0.15) is 0 Å². The molecule has 2 heteroatoms. The molecule has 0 aliphatic heterocycles. The first kappa shape index (κ1) is 7.80. The number of halogens is 2. The molecule has 0 nitrogen and oxygen atoms in total. The van der Waals surface area contributed by atoms with Gasteiger partial charge < -0.3 is 0 Å². The zero-order valence-corrected chi connectivity index (χ0v) is 8.63. The minimum Gasteiger partial charge on any atom is -0.0622 e. The van der Waals surface area contributed by atoms with Gasteiger partial charge in [-0.1, -0.05) is 38.8 Å². The van der Waals surface area contributed by atoms with Crippen molar-refractivity contribution in [3.63, 3.8) is 0 Å². The average Bonchev–Trinajstić information content (AvgIpc) is 1.80. The maximum atomic E-state index is 3.53. The fourth-order valence-corrected chi connectivity index (χ4v) is 2.17. The third-order valence-corrected chi connectivity index (χ3v) is 3.89. The molecule has 9 heavy (non-hydrogen) atoms. The molecular formula is C7H10Br2. The Morgan fingerprint density at radius 2 is 2.00 bits per heavy atom. The van der Waals surface area contributed by atoms with E-state index in [1.54, 1.807) is 0 Å². The molecule has 0 amide bonds. The molecule has 0 radical (unpaired) electrons. The van der Waals surface area contributed by atoms with Crippen LogP contribution in [0.4, 0.5) is 0 Å². The monoisotopic (exact) mass is 252 g/mol. The van der Waals surface area contributed by atoms with Gasteiger partial charge >= 0.3 is 0 Å². The van der Waals surface area contributed by atoms with Gasteiger partial charge in [-0.2, -0.15) is 0 Å². The second kappa shape index (κ2) is 3.20. The van der Waals surface area contributed by atoms with Gasteiger partial charge in [-0.15, -0.1) is 0 Å². The second-order valence-electron chi connectivity index (χ2n) is 2.66. The van der Waals surface area contributed by atoms with Gasteiger partial charge in [0.15, 0.2) is 0 Å². The quantitative estimate of drug-likeness (QED) is 0.616. The average molecular weight is 254 g/mol. The standard InChI is InChI=1S/C7H10Br2/c1-5-2-3-6(8)7(9)4-5/h5H,2-4H2,1H3. The van der Waals surface area contributed by atoms with Crippen molar-refractivity contribution in [1.29, 1.82) is 0 Å². The highest BCUT2D eigenvalue weighted by Gasteiger charge is 2.13. The van der Waals surface area contributed by atoms with Crippen LogP contribution in [0, 0.1) is 5.92 Å². The van der Waals surface area contributed by atoms with Crippen molar-refractivity contribution in [1.82, 2.24) is 0 Å². The topological polar surface area (TPSA) is 0 Å². The van der Waals surface area contributed by atoms with Gasteiger partial charge in [0.2, 0.25) is 0 Å². The summed E-state index contributed by atoms with van der Waals surface area (Å²) in [5.74, 6) is 0.862. The molecule has 1 rings (SSSR count). The van der Waals surface area contributed by atoms with E-state index in [1.807, 2.05) is 0 Å². The molecule has 0 bridgehead atoms. The van der Waals surface area contributed by atoms with Crippen LogP contribution in [0.1, 0.15) is 26.2 Å². The molecule has 0 aromatic carbocycles. The fourth-order valence-electron chi connectivity index (χ4n) is 1.03. The van der Waals surface area contributed by atoms with Crippen LogP contribution < -0.4 is 0 Å². The summed E-state index contributed by atoms with van der Waals surface area (Å²) in [5, 5.41) is 0. The number of hydrogen-bond acceptors (Lipinski definition) is 0. The van der Waals surface area contributed by atoms with E-state index >= 15 is 0 Å². The fraction of sp³-hybridized carbons (Fsp3) is 0.714. The van der Waals surface area contributed by atoms with Crippen molar-refractivity contribution in [2.45, 2.75) is 26.2 Å². The first-order chi connectivity index (χ1) is 4.20. The molecule has 1 aliphatic rings. The second-order valence-corrected chi connectivity index (χ2v) is 4.57. The Balaban J connectivity index is 2.61. The highest BCUT2D eigenvalue weighted by Crippen LogP contribution is 2.35. The molecule has 0 aromatic heterocycles. The summed E-state index contributed by atoms with van der Waals surface area (Å²) in [5.41, 5.74) is 0. The zero-order chi connectivity index (χ0) is 6.85. The van der Waals surface area contributed by atoms with Gasteiger partial charge in [0.25, 0.3) is 0 Å². The molecule has 1 unspecified atom stereocenters.